The number of hydrogen-bond donors (Lipinski definition) is 0. The van der Waals surface area contributed by atoms with Crippen LogP contribution < -0.4 is 4.90 Å². The summed E-state index contributed by atoms with van der Waals surface area (Å²) in [5.41, 5.74) is 1.07. The van der Waals surface area contributed by atoms with Gasteiger partial charge in [-0.05, 0) is 26.0 Å². The molecule has 0 saturated carbocycles. The Kier molecular flexibility index (Phi) is 3.69. The van der Waals surface area contributed by atoms with Crippen molar-refractivity contribution in [3.63, 3.8) is 0 Å². The van der Waals surface area contributed by atoms with Crippen LogP contribution in [-0.4, -0.2) is 41.6 Å². The molecule has 1 aromatic rings. The maximum atomic E-state index is 9.14. The summed E-state index contributed by atoms with van der Waals surface area (Å²) in [6, 6.07) is 8.02. The lowest BCUT2D eigenvalue weighted by Crippen LogP contribution is -2.54. The monoisotopic (exact) mass is 255 g/mol. The van der Waals surface area contributed by atoms with Crippen LogP contribution in [-0.2, 0) is 0 Å². The minimum atomic E-state index is -0.408. The smallest absolute Gasteiger partial charge is 0.140 e. The lowest BCUT2D eigenvalue weighted by Gasteiger charge is -2.41. The number of nitriles is 2. The van der Waals surface area contributed by atoms with Gasteiger partial charge in [-0.2, -0.15) is 10.5 Å². The summed E-state index contributed by atoms with van der Waals surface area (Å²) in [6.07, 6.45) is 1.74. The lowest BCUT2D eigenvalue weighted by molar-refractivity contribution is 0.158. The Morgan fingerprint density at radius 1 is 1.16 bits per heavy atom. The van der Waals surface area contributed by atoms with Gasteiger partial charge < -0.3 is 4.90 Å². The van der Waals surface area contributed by atoms with E-state index >= 15 is 0 Å². The van der Waals surface area contributed by atoms with Crippen LogP contribution in [0.2, 0.25) is 0 Å². The summed E-state index contributed by atoms with van der Waals surface area (Å²) >= 11 is 0. The second-order valence-corrected chi connectivity index (χ2v) is 5.16. The molecule has 1 aliphatic rings. The average molecular weight is 255 g/mol. The highest BCUT2D eigenvalue weighted by molar-refractivity contribution is 5.46. The highest BCUT2D eigenvalue weighted by Crippen LogP contribution is 2.20. The van der Waals surface area contributed by atoms with Gasteiger partial charge >= 0.3 is 0 Å². The second-order valence-electron chi connectivity index (χ2n) is 5.16. The highest BCUT2D eigenvalue weighted by atomic mass is 15.3. The minimum absolute atomic E-state index is 0.408. The molecule has 1 aromatic heterocycles. The van der Waals surface area contributed by atoms with Gasteiger partial charge in [0, 0.05) is 26.2 Å². The molecule has 0 aromatic carbocycles. The van der Waals surface area contributed by atoms with Gasteiger partial charge in [0.25, 0.3) is 0 Å². The van der Waals surface area contributed by atoms with Crippen LogP contribution in [0.15, 0.2) is 18.3 Å². The fraction of sp³-hybridized carbons (Fsp3) is 0.500. The number of hydrogen-bond acceptors (Lipinski definition) is 5. The number of aromatic nitrogens is 1. The van der Waals surface area contributed by atoms with Crippen LogP contribution in [0.5, 0.6) is 0 Å². The third-order valence-electron chi connectivity index (χ3n) is 3.57. The van der Waals surface area contributed by atoms with Gasteiger partial charge in [-0.1, -0.05) is 0 Å². The zero-order chi connectivity index (χ0) is 13.9. The van der Waals surface area contributed by atoms with Crippen LogP contribution in [0.3, 0.4) is 0 Å². The molecule has 1 saturated heterocycles. The third-order valence-corrected chi connectivity index (χ3v) is 3.57. The first-order chi connectivity index (χ1) is 9.06. The SMILES string of the molecule is CC(C)(C#N)N1CCN(c2ccc(C#N)nc2)CC1. The molecular formula is C14H17N5. The van der Waals surface area contributed by atoms with E-state index in [0.717, 1.165) is 31.9 Å². The van der Waals surface area contributed by atoms with Gasteiger partial charge in [0.15, 0.2) is 0 Å². The molecule has 1 fully saturated rings. The molecular weight excluding hydrogens is 238 g/mol. The Hall–Kier alpha value is -2.11. The summed E-state index contributed by atoms with van der Waals surface area (Å²) in [6.45, 7) is 7.37. The molecule has 0 aliphatic carbocycles. The first-order valence-electron chi connectivity index (χ1n) is 6.34. The zero-order valence-corrected chi connectivity index (χ0v) is 11.3. The van der Waals surface area contributed by atoms with E-state index in [9.17, 15) is 0 Å². The Morgan fingerprint density at radius 2 is 1.84 bits per heavy atom. The summed E-state index contributed by atoms with van der Waals surface area (Å²) in [5, 5.41) is 17.9. The molecule has 5 heteroatoms. The fourth-order valence-electron chi connectivity index (χ4n) is 2.23. The van der Waals surface area contributed by atoms with Crippen molar-refractivity contribution >= 4 is 5.69 Å². The van der Waals surface area contributed by atoms with Crippen molar-refractivity contribution in [2.24, 2.45) is 0 Å². The first-order valence-corrected chi connectivity index (χ1v) is 6.34. The number of pyridine rings is 1. The van der Waals surface area contributed by atoms with Crippen molar-refractivity contribution in [1.29, 1.82) is 10.5 Å². The van der Waals surface area contributed by atoms with Gasteiger partial charge in [0.05, 0.1) is 18.0 Å². The minimum Gasteiger partial charge on any atom is -0.368 e. The average Bonchev–Trinajstić information content (AvgIpc) is 2.47. The molecule has 2 rings (SSSR count). The number of anilines is 1. The van der Waals surface area contributed by atoms with Gasteiger partial charge in [0.1, 0.15) is 17.3 Å². The van der Waals surface area contributed by atoms with Gasteiger partial charge in [-0.15, -0.1) is 0 Å². The van der Waals surface area contributed by atoms with E-state index in [1.807, 2.05) is 26.0 Å². The van der Waals surface area contributed by atoms with E-state index in [1.165, 1.54) is 0 Å². The standard InChI is InChI=1S/C14H17N5/c1-14(2,11-16)19-7-5-18(6-8-19)13-4-3-12(9-15)17-10-13/h3-4,10H,5-8H2,1-2H3. The topological polar surface area (TPSA) is 67.0 Å². The van der Waals surface area contributed by atoms with Gasteiger partial charge in [-0.3, -0.25) is 4.90 Å². The molecule has 5 nitrogen and oxygen atoms in total. The lowest BCUT2D eigenvalue weighted by atomic mass is 10.0. The molecule has 0 radical (unpaired) electrons. The van der Waals surface area contributed by atoms with Crippen LogP contribution in [0.1, 0.15) is 19.5 Å². The Labute approximate surface area is 113 Å². The largest absolute Gasteiger partial charge is 0.368 e. The van der Waals surface area contributed by atoms with Gasteiger partial charge in [-0.25, -0.2) is 4.98 Å². The maximum Gasteiger partial charge on any atom is 0.140 e. The van der Waals surface area contributed by atoms with Crippen LogP contribution in [0.4, 0.5) is 5.69 Å². The molecule has 19 heavy (non-hydrogen) atoms. The molecule has 98 valence electrons. The fourth-order valence-corrected chi connectivity index (χ4v) is 2.23. The Morgan fingerprint density at radius 3 is 2.32 bits per heavy atom. The van der Waals surface area contributed by atoms with E-state index in [1.54, 1.807) is 12.3 Å². The number of nitrogens with zero attached hydrogens (tertiary/aromatic N) is 5. The predicted octanol–water partition coefficient (Wildman–Crippen LogP) is 1.38. The summed E-state index contributed by atoms with van der Waals surface area (Å²) in [7, 11) is 0. The van der Waals surface area contributed by atoms with Crippen molar-refractivity contribution in [2.45, 2.75) is 19.4 Å². The van der Waals surface area contributed by atoms with Crippen molar-refractivity contribution in [3.8, 4) is 12.1 Å². The van der Waals surface area contributed by atoms with Crippen molar-refractivity contribution in [2.75, 3.05) is 31.1 Å². The maximum absolute atomic E-state index is 9.14. The molecule has 0 spiro atoms. The molecule has 2 heterocycles. The molecule has 0 unspecified atom stereocenters. The summed E-state index contributed by atoms with van der Waals surface area (Å²) in [5.74, 6) is 0. The molecule has 0 bridgehead atoms. The normalized spacial score (nSPS) is 16.7. The van der Waals surface area contributed by atoms with E-state index in [4.69, 9.17) is 10.5 Å². The van der Waals surface area contributed by atoms with Crippen LogP contribution in [0, 0.1) is 22.7 Å². The molecule has 0 N–H and O–H groups in total. The van der Waals surface area contributed by atoms with Crippen LogP contribution >= 0.6 is 0 Å². The predicted molar refractivity (Wildman–Crippen MR) is 72.4 cm³/mol. The quantitative estimate of drug-likeness (QED) is 0.798. The molecule has 0 amide bonds. The van der Waals surface area contributed by atoms with E-state index in [2.05, 4.69) is 20.9 Å². The van der Waals surface area contributed by atoms with Gasteiger partial charge in [0.2, 0.25) is 0 Å². The van der Waals surface area contributed by atoms with E-state index in [0.29, 0.717) is 5.69 Å². The van der Waals surface area contributed by atoms with E-state index < -0.39 is 5.54 Å². The summed E-state index contributed by atoms with van der Waals surface area (Å²) in [4.78, 5) is 8.52. The molecule has 1 aliphatic heterocycles. The second kappa shape index (κ2) is 5.26. The van der Waals surface area contributed by atoms with Crippen LogP contribution in [0.25, 0.3) is 0 Å². The highest BCUT2D eigenvalue weighted by Gasteiger charge is 2.29. The first kappa shape index (κ1) is 13.3. The number of piperazine rings is 1. The molecule has 0 atom stereocenters. The van der Waals surface area contributed by atoms with Crippen molar-refractivity contribution in [1.82, 2.24) is 9.88 Å². The third kappa shape index (κ3) is 2.83. The van der Waals surface area contributed by atoms with E-state index in [-0.39, 0.29) is 0 Å². The summed E-state index contributed by atoms with van der Waals surface area (Å²) < 4.78 is 0. The Bertz CT molecular complexity index is 512. The Balaban J connectivity index is 2.00. The van der Waals surface area contributed by atoms with Crippen molar-refractivity contribution < 1.29 is 0 Å². The van der Waals surface area contributed by atoms with Crippen molar-refractivity contribution in [3.05, 3.63) is 24.0 Å². The zero-order valence-electron chi connectivity index (χ0n) is 11.3. The number of rotatable bonds is 2.